The van der Waals surface area contributed by atoms with Crippen LogP contribution in [0.15, 0.2) is 24.3 Å². The highest BCUT2D eigenvalue weighted by Crippen LogP contribution is 2.17. The number of carboxylic acid groups (broad SMARTS) is 1. The minimum absolute atomic E-state index is 0.0230. The van der Waals surface area contributed by atoms with Gasteiger partial charge in [0.2, 0.25) is 0 Å². The van der Waals surface area contributed by atoms with Gasteiger partial charge in [-0.1, -0.05) is 12.1 Å². The molecule has 0 aromatic heterocycles. The van der Waals surface area contributed by atoms with E-state index in [4.69, 9.17) is 9.84 Å². The van der Waals surface area contributed by atoms with E-state index in [-0.39, 0.29) is 19.0 Å². The van der Waals surface area contributed by atoms with E-state index in [0.29, 0.717) is 18.5 Å². The molecule has 1 aromatic carbocycles. The molecule has 0 radical (unpaired) electrons. The molecule has 1 heterocycles. The number of carboxylic acids is 1. The van der Waals surface area contributed by atoms with E-state index in [1.165, 1.54) is 23.1 Å². The number of benzene rings is 1. The van der Waals surface area contributed by atoms with Gasteiger partial charge in [-0.05, 0) is 24.1 Å². The minimum atomic E-state index is -0.902. The van der Waals surface area contributed by atoms with E-state index in [9.17, 15) is 14.0 Å². The molecule has 2 rings (SSSR count). The van der Waals surface area contributed by atoms with Crippen molar-refractivity contribution in [2.75, 3.05) is 13.1 Å². The van der Waals surface area contributed by atoms with Crippen molar-refractivity contribution in [3.05, 3.63) is 35.6 Å². The van der Waals surface area contributed by atoms with Crippen LogP contribution in [0.2, 0.25) is 0 Å². The van der Waals surface area contributed by atoms with Crippen molar-refractivity contribution in [3.63, 3.8) is 0 Å². The molecule has 1 N–H and O–H groups in total. The number of hydrogen-bond donors (Lipinski definition) is 1. The molecular weight excluding hydrogens is 253 g/mol. The maximum atomic E-state index is 12.9. The van der Waals surface area contributed by atoms with Gasteiger partial charge in [-0.2, -0.15) is 0 Å². The van der Waals surface area contributed by atoms with E-state index in [0.717, 1.165) is 0 Å². The SMILES string of the molecule is O=C(O)C1CCN(C(=O)OCc2cccc(F)c2)C1. The number of rotatable bonds is 3. The number of ether oxygens (including phenoxy) is 1. The monoisotopic (exact) mass is 267 g/mol. The molecule has 1 amide bonds. The third kappa shape index (κ3) is 3.43. The van der Waals surface area contributed by atoms with Gasteiger partial charge in [-0.3, -0.25) is 4.79 Å². The topological polar surface area (TPSA) is 66.8 Å². The first-order valence-electron chi connectivity index (χ1n) is 5.95. The number of amides is 1. The molecule has 1 unspecified atom stereocenters. The van der Waals surface area contributed by atoms with Crippen molar-refractivity contribution in [3.8, 4) is 0 Å². The fourth-order valence-electron chi connectivity index (χ4n) is 1.99. The molecule has 1 atom stereocenters. The van der Waals surface area contributed by atoms with Crippen LogP contribution in [0.5, 0.6) is 0 Å². The summed E-state index contributed by atoms with van der Waals surface area (Å²) < 4.78 is 17.9. The predicted molar refractivity (Wildman–Crippen MR) is 63.9 cm³/mol. The lowest BCUT2D eigenvalue weighted by atomic mass is 10.1. The summed E-state index contributed by atoms with van der Waals surface area (Å²) in [5.41, 5.74) is 0.558. The molecule has 6 heteroatoms. The van der Waals surface area contributed by atoms with E-state index >= 15 is 0 Å². The zero-order valence-corrected chi connectivity index (χ0v) is 10.2. The van der Waals surface area contributed by atoms with Crippen LogP contribution in [-0.2, 0) is 16.1 Å². The number of carbonyl (C=O) groups excluding carboxylic acids is 1. The third-order valence-corrected chi connectivity index (χ3v) is 3.05. The molecule has 0 bridgehead atoms. The second-order valence-corrected chi connectivity index (χ2v) is 4.45. The summed E-state index contributed by atoms with van der Waals surface area (Å²) in [6.07, 6.45) is -0.127. The van der Waals surface area contributed by atoms with Gasteiger partial charge in [0.15, 0.2) is 0 Å². The Balaban J connectivity index is 1.84. The van der Waals surface area contributed by atoms with Gasteiger partial charge in [0, 0.05) is 13.1 Å². The molecule has 0 aliphatic carbocycles. The summed E-state index contributed by atoms with van der Waals surface area (Å²) in [5.74, 6) is -1.82. The first-order chi connectivity index (χ1) is 9.06. The Kier molecular flexibility index (Phi) is 3.99. The van der Waals surface area contributed by atoms with Gasteiger partial charge < -0.3 is 14.7 Å². The van der Waals surface area contributed by atoms with E-state index < -0.39 is 18.0 Å². The number of aliphatic carboxylic acids is 1. The average Bonchev–Trinajstić information content (AvgIpc) is 2.86. The minimum Gasteiger partial charge on any atom is -0.481 e. The molecular formula is C13H14FNO4. The van der Waals surface area contributed by atoms with E-state index in [1.54, 1.807) is 6.07 Å². The summed E-state index contributed by atoms with van der Waals surface area (Å²) in [7, 11) is 0. The van der Waals surface area contributed by atoms with Crippen LogP contribution >= 0.6 is 0 Å². The van der Waals surface area contributed by atoms with Crippen LogP contribution in [0.4, 0.5) is 9.18 Å². The number of halogens is 1. The summed E-state index contributed by atoms with van der Waals surface area (Å²) in [6, 6.07) is 5.79. The third-order valence-electron chi connectivity index (χ3n) is 3.05. The number of hydrogen-bond acceptors (Lipinski definition) is 3. The average molecular weight is 267 g/mol. The van der Waals surface area contributed by atoms with Gasteiger partial charge >= 0.3 is 12.1 Å². The van der Waals surface area contributed by atoms with Crippen molar-refractivity contribution in [2.45, 2.75) is 13.0 Å². The van der Waals surface area contributed by atoms with Gasteiger partial charge in [-0.15, -0.1) is 0 Å². The zero-order chi connectivity index (χ0) is 13.8. The largest absolute Gasteiger partial charge is 0.481 e. The molecule has 1 saturated heterocycles. The Morgan fingerprint density at radius 3 is 2.89 bits per heavy atom. The normalized spacial score (nSPS) is 18.4. The Morgan fingerprint density at radius 1 is 1.47 bits per heavy atom. The predicted octanol–water partition coefficient (Wildman–Crippen LogP) is 1.87. The Labute approximate surface area is 109 Å². The van der Waals surface area contributed by atoms with Gasteiger partial charge in [-0.25, -0.2) is 9.18 Å². The van der Waals surface area contributed by atoms with Crippen molar-refractivity contribution < 1.29 is 23.8 Å². The van der Waals surface area contributed by atoms with Crippen molar-refractivity contribution >= 4 is 12.1 Å². The van der Waals surface area contributed by atoms with Crippen LogP contribution in [-0.4, -0.2) is 35.2 Å². The van der Waals surface area contributed by atoms with Crippen LogP contribution in [0.3, 0.4) is 0 Å². The van der Waals surface area contributed by atoms with Crippen LogP contribution in [0.1, 0.15) is 12.0 Å². The lowest BCUT2D eigenvalue weighted by Crippen LogP contribution is -2.30. The second kappa shape index (κ2) is 5.69. The van der Waals surface area contributed by atoms with Crippen LogP contribution in [0.25, 0.3) is 0 Å². The van der Waals surface area contributed by atoms with Crippen LogP contribution < -0.4 is 0 Å². The number of carbonyl (C=O) groups is 2. The summed E-state index contributed by atoms with van der Waals surface area (Å²) in [6.45, 7) is 0.515. The molecule has 1 fully saturated rings. The molecule has 1 aliphatic heterocycles. The summed E-state index contributed by atoms with van der Waals surface area (Å²) in [5, 5.41) is 8.83. The molecule has 0 spiro atoms. The molecule has 5 nitrogen and oxygen atoms in total. The highest BCUT2D eigenvalue weighted by molar-refractivity contribution is 5.74. The maximum Gasteiger partial charge on any atom is 0.410 e. The smallest absolute Gasteiger partial charge is 0.410 e. The molecule has 1 aromatic rings. The number of nitrogens with zero attached hydrogens (tertiary/aromatic N) is 1. The quantitative estimate of drug-likeness (QED) is 0.907. The van der Waals surface area contributed by atoms with Crippen molar-refractivity contribution in [1.82, 2.24) is 4.90 Å². The molecule has 1 aliphatic rings. The summed E-state index contributed by atoms with van der Waals surface area (Å²) >= 11 is 0. The van der Waals surface area contributed by atoms with Crippen molar-refractivity contribution in [1.29, 1.82) is 0 Å². The standard InChI is InChI=1S/C13H14FNO4/c14-11-3-1-2-9(6-11)8-19-13(18)15-5-4-10(7-15)12(16)17/h1-3,6,10H,4-5,7-8H2,(H,16,17). The molecule has 102 valence electrons. The Morgan fingerprint density at radius 2 is 2.26 bits per heavy atom. The fraction of sp³-hybridized carbons (Fsp3) is 0.385. The van der Waals surface area contributed by atoms with Gasteiger partial charge in [0.25, 0.3) is 0 Å². The lowest BCUT2D eigenvalue weighted by Gasteiger charge is -2.15. The van der Waals surface area contributed by atoms with Gasteiger partial charge in [0.05, 0.1) is 5.92 Å². The maximum absolute atomic E-state index is 12.9. The Hall–Kier alpha value is -2.11. The molecule has 19 heavy (non-hydrogen) atoms. The first-order valence-corrected chi connectivity index (χ1v) is 5.95. The Bertz CT molecular complexity index is 491. The van der Waals surface area contributed by atoms with E-state index in [1.807, 2.05) is 0 Å². The van der Waals surface area contributed by atoms with Crippen molar-refractivity contribution in [2.24, 2.45) is 5.92 Å². The number of likely N-dealkylation sites (tertiary alicyclic amines) is 1. The zero-order valence-electron chi connectivity index (χ0n) is 10.2. The summed E-state index contributed by atoms with van der Waals surface area (Å²) in [4.78, 5) is 23.8. The highest BCUT2D eigenvalue weighted by Gasteiger charge is 2.31. The van der Waals surface area contributed by atoms with Crippen LogP contribution in [0, 0.1) is 11.7 Å². The lowest BCUT2D eigenvalue weighted by molar-refractivity contribution is -0.141. The molecule has 0 saturated carbocycles. The van der Waals surface area contributed by atoms with E-state index in [2.05, 4.69) is 0 Å². The van der Waals surface area contributed by atoms with Gasteiger partial charge in [0.1, 0.15) is 12.4 Å². The first kappa shape index (κ1) is 13.3. The highest BCUT2D eigenvalue weighted by atomic mass is 19.1. The fourth-order valence-corrected chi connectivity index (χ4v) is 1.99. The second-order valence-electron chi connectivity index (χ2n) is 4.45.